The van der Waals surface area contributed by atoms with Crippen LogP contribution in [-0.4, -0.2) is 34.5 Å². The van der Waals surface area contributed by atoms with Gasteiger partial charge < -0.3 is 4.74 Å². The fraction of sp³-hybridized carbons (Fsp3) is 0.250. The number of nitrogens with zero attached hydrogens (tertiary/aromatic N) is 3. The molecule has 0 saturated carbocycles. The van der Waals surface area contributed by atoms with E-state index in [9.17, 15) is 23.2 Å². The molecule has 10 heteroatoms. The van der Waals surface area contributed by atoms with Gasteiger partial charge in [-0.25, -0.2) is 4.79 Å². The van der Waals surface area contributed by atoms with Crippen molar-refractivity contribution in [1.82, 2.24) is 9.55 Å². The van der Waals surface area contributed by atoms with Gasteiger partial charge in [-0.05, 0) is 31.2 Å². The molecule has 1 N–H and O–H groups in total. The van der Waals surface area contributed by atoms with Crippen molar-refractivity contribution in [3.8, 4) is 5.75 Å². The number of ether oxygens (including phenoxy) is 1. The minimum atomic E-state index is -2.97. The predicted octanol–water partition coefficient (Wildman–Crippen LogP) is 1.10. The normalized spacial score (nSPS) is 15.9. The van der Waals surface area contributed by atoms with E-state index in [0.717, 1.165) is 4.57 Å². The first-order valence-corrected chi connectivity index (χ1v) is 7.54. The average molecular weight is 364 g/mol. The number of halogens is 2. The number of hydrogen-bond acceptors (Lipinski definition) is 5. The van der Waals surface area contributed by atoms with E-state index in [0.29, 0.717) is 0 Å². The highest BCUT2D eigenvalue weighted by Crippen LogP contribution is 2.24. The lowest BCUT2D eigenvalue weighted by molar-refractivity contribution is -0.0498. The Labute approximate surface area is 145 Å². The molecule has 1 atom stereocenters. The van der Waals surface area contributed by atoms with Gasteiger partial charge in [-0.1, -0.05) is 0 Å². The third-order valence-electron chi connectivity index (χ3n) is 3.90. The van der Waals surface area contributed by atoms with Crippen molar-refractivity contribution < 1.29 is 18.3 Å². The Bertz CT molecular complexity index is 995. The number of aliphatic imine (C=N–C) groups is 1. The van der Waals surface area contributed by atoms with Gasteiger partial charge in [-0.15, -0.1) is 0 Å². The van der Waals surface area contributed by atoms with E-state index in [1.54, 1.807) is 6.92 Å². The number of H-pyrrole nitrogens is 1. The second kappa shape index (κ2) is 6.54. The Morgan fingerprint density at radius 3 is 2.54 bits per heavy atom. The summed E-state index contributed by atoms with van der Waals surface area (Å²) in [6, 6.07) is 5.07. The second-order valence-corrected chi connectivity index (χ2v) is 5.54. The Morgan fingerprint density at radius 1 is 1.27 bits per heavy atom. The molecule has 0 bridgehead atoms. The maximum Gasteiger partial charge on any atom is 0.387 e. The molecule has 1 aromatic carbocycles. The number of alkyl halides is 2. The van der Waals surface area contributed by atoms with Crippen molar-refractivity contribution in [2.75, 3.05) is 4.90 Å². The molecule has 136 valence electrons. The summed E-state index contributed by atoms with van der Waals surface area (Å²) in [6.45, 7) is -1.36. The molecule has 1 aliphatic heterocycles. The number of anilines is 1. The zero-order chi connectivity index (χ0) is 19.0. The van der Waals surface area contributed by atoms with Gasteiger partial charge >= 0.3 is 12.3 Å². The van der Waals surface area contributed by atoms with Gasteiger partial charge in [-0.3, -0.25) is 29.0 Å². The summed E-state index contributed by atoms with van der Waals surface area (Å²) in [7, 11) is 1.31. The summed E-state index contributed by atoms with van der Waals surface area (Å²) in [5.74, 6) is -0.606. The van der Waals surface area contributed by atoms with Gasteiger partial charge in [0.15, 0.2) is 0 Å². The Kier molecular flexibility index (Phi) is 4.41. The molecule has 1 aromatic heterocycles. The summed E-state index contributed by atoms with van der Waals surface area (Å²) in [4.78, 5) is 44.8. The summed E-state index contributed by atoms with van der Waals surface area (Å²) < 4.78 is 29.6. The van der Waals surface area contributed by atoms with Gasteiger partial charge in [0.25, 0.3) is 11.5 Å². The maximum atomic E-state index is 12.8. The molecule has 0 spiro atoms. The summed E-state index contributed by atoms with van der Waals surface area (Å²) in [6.07, 6.45) is 0.636. The van der Waals surface area contributed by atoms with Gasteiger partial charge in [-0.2, -0.15) is 8.78 Å². The lowest BCUT2D eigenvalue weighted by Crippen LogP contribution is -2.46. The van der Waals surface area contributed by atoms with E-state index in [4.69, 9.17) is 0 Å². The number of hydrogen-bond donors (Lipinski definition) is 1. The first-order valence-electron chi connectivity index (χ1n) is 7.54. The molecule has 0 saturated heterocycles. The molecular weight excluding hydrogens is 350 g/mol. The predicted molar refractivity (Wildman–Crippen MR) is 89.2 cm³/mol. The summed E-state index contributed by atoms with van der Waals surface area (Å²) in [5, 5.41) is 0. The molecule has 2 heterocycles. The first kappa shape index (κ1) is 17.5. The fourth-order valence-corrected chi connectivity index (χ4v) is 2.56. The zero-order valence-electron chi connectivity index (χ0n) is 13.8. The quantitative estimate of drug-likeness (QED) is 0.882. The Morgan fingerprint density at radius 2 is 1.92 bits per heavy atom. The smallest absolute Gasteiger partial charge is 0.387 e. The van der Waals surface area contributed by atoms with Crippen LogP contribution in [0.5, 0.6) is 5.75 Å². The van der Waals surface area contributed by atoms with E-state index in [1.807, 2.05) is 0 Å². The lowest BCUT2D eigenvalue weighted by atomic mass is 10.1. The lowest BCUT2D eigenvalue weighted by Gasteiger charge is -2.30. The van der Waals surface area contributed by atoms with E-state index in [2.05, 4.69) is 14.7 Å². The molecule has 1 unspecified atom stereocenters. The van der Waals surface area contributed by atoms with Crippen LogP contribution in [0.1, 0.15) is 22.8 Å². The van der Waals surface area contributed by atoms with Crippen LogP contribution < -0.4 is 20.9 Å². The van der Waals surface area contributed by atoms with Crippen molar-refractivity contribution >= 4 is 17.9 Å². The van der Waals surface area contributed by atoms with Crippen LogP contribution in [0.15, 0.2) is 38.8 Å². The van der Waals surface area contributed by atoms with Crippen LogP contribution >= 0.6 is 0 Å². The summed E-state index contributed by atoms with van der Waals surface area (Å²) in [5.41, 5.74) is -1.02. The number of nitrogens with one attached hydrogen (secondary N) is 1. The standard InChI is InChI=1S/C16H14F2N4O4/c1-8-19-7-11-12(20-16(25)21(2)14(11)24)22(8)13(23)9-3-5-10(6-4-9)26-15(17)18/h3-8,15H,1-2H3,(H,20,25). The van der Waals surface area contributed by atoms with Crippen LogP contribution in [-0.2, 0) is 7.05 Å². The SMILES string of the molecule is CC1N=Cc2c([nH]c(=O)n(C)c2=O)N1C(=O)c1ccc(OC(F)F)cc1. The second-order valence-electron chi connectivity index (χ2n) is 5.54. The fourth-order valence-electron chi connectivity index (χ4n) is 2.56. The Balaban J connectivity index is 2.02. The molecule has 8 nitrogen and oxygen atoms in total. The van der Waals surface area contributed by atoms with E-state index >= 15 is 0 Å². The molecule has 26 heavy (non-hydrogen) atoms. The van der Waals surface area contributed by atoms with Crippen LogP contribution in [0.4, 0.5) is 14.6 Å². The van der Waals surface area contributed by atoms with E-state index in [-0.39, 0.29) is 22.7 Å². The topological polar surface area (TPSA) is 96.8 Å². The zero-order valence-corrected chi connectivity index (χ0v) is 13.8. The molecule has 1 amide bonds. The average Bonchev–Trinajstić information content (AvgIpc) is 2.59. The summed E-state index contributed by atoms with van der Waals surface area (Å²) >= 11 is 0. The number of benzene rings is 1. The van der Waals surface area contributed by atoms with Crippen LogP contribution in [0.2, 0.25) is 0 Å². The third kappa shape index (κ3) is 3.01. The largest absolute Gasteiger partial charge is 0.435 e. The van der Waals surface area contributed by atoms with Crippen LogP contribution in [0.3, 0.4) is 0 Å². The van der Waals surface area contributed by atoms with Crippen molar-refractivity contribution in [2.45, 2.75) is 19.7 Å². The van der Waals surface area contributed by atoms with Crippen molar-refractivity contribution in [1.29, 1.82) is 0 Å². The van der Waals surface area contributed by atoms with Gasteiger partial charge in [0, 0.05) is 18.8 Å². The number of fused-ring (bicyclic) bond motifs is 1. The highest BCUT2D eigenvalue weighted by atomic mass is 19.3. The molecule has 0 fully saturated rings. The molecular formula is C16H14F2N4O4. The van der Waals surface area contributed by atoms with E-state index < -0.39 is 29.9 Å². The highest BCUT2D eigenvalue weighted by Gasteiger charge is 2.30. The van der Waals surface area contributed by atoms with Crippen molar-refractivity contribution in [3.63, 3.8) is 0 Å². The highest BCUT2D eigenvalue weighted by molar-refractivity contribution is 6.09. The number of amides is 1. The molecule has 0 aliphatic carbocycles. The van der Waals surface area contributed by atoms with Crippen molar-refractivity contribution in [2.24, 2.45) is 12.0 Å². The minimum absolute atomic E-state index is 0.0403. The van der Waals surface area contributed by atoms with Crippen LogP contribution in [0, 0.1) is 0 Å². The van der Waals surface area contributed by atoms with Crippen molar-refractivity contribution in [3.05, 3.63) is 56.2 Å². The van der Waals surface area contributed by atoms with Gasteiger partial charge in [0.05, 0.1) is 5.56 Å². The maximum absolute atomic E-state index is 12.8. The number of carbonyl (C=O) groups excluding carboxylic acids is 1. The number of aromatic amines is 1. The Hall–Kier alpha value is -3.30. The van der Waals surface area contributed by atoms with Crippen LogP contribution in [0.25, 0.3) is 0 Å². The number of carbonyl (C=O) groups is 1. The number of rotatable bonds is 3. The van der Waals surface area contributed by atoms with Gasteiger partial charge in [0.1, 0.15) is 17.7 Å². The molecule has 2 aromatic rings. The monoisotopic (exact) mass is 364 g/mol. The first-order chi connectivity index (χ1) is 12.3. The third-order valence-corrected chi connectivity index (χ3v) is 3.90. The van der Waals surface area contributed by atoms with E-state index in [1.165, 1.54) is 42.4 Å². The number of aromatic nitrogens is 2. The van der Waals surface area contributed by atoms with Gasteiger partial charge in [0.2, 0.25) is 0 Å². The molecule has 3 rings (SSSR count). The molecule has 0 radical (unpaired) electrons. The minimum Gasteiger partial charge on any atom is -0.435 e. The molecule has 1 aliphatic rings.